The van der Waals surface area contributed by atoms with Gasteiger partial charge in [-0.05, 0) is 11.6 Å². The Kier molecular flexibility index (Phi) is 4.78. The van der Waals surface area contributed by atoms with Gasteiger partial charge in [0, 0.05) is 11.4 Å². The molecule has 1 fully saturated rings. The van der Waals surface area contributed by atoms with Gasteiger partial charge < -0.3 is 25.2 Å². The van der Waals surface area contributed by atoms with Gasteiger partial charge in [0.2, 0.25) is 0 Å². The molecule has 19 heavy (non-hydrogen) atoms. The molecule has 106 valence electrons. The van der Waals surface area contributed by atoms with E-state index in [9.17, 15) is 15.3 Å². The third-order valence-electron chi connectivity index (χ3n) is 3.37. The van der Waals surface area contributed by atoms with Gasteiger partial charge in [-0.25, -0.2) is 0 Å². The lowest BCUT2D eigenvalue weighted by molar-refractivity contribution is -0.228. The molecule has 0 saturated carbocycles. The van der Waals surface area contributed by atoms with Crippen molar-refractivity contribution >= 4 is 11.6 Å². The van der Waals surface area contributed by atoms with Crippen LogP contribution in [-0.2, 0) is 11.2 Å². The maximum Gasteiger partial charge on any atom is 0.111 e. The van der Waals surface area contributed by atoms with E-state index in [-0.39, 0.29) is 0 Å². The van der Waals surface area contributed by atoms with Crippen molar-refractivity contribution in [3.63, 3.8) is 0 Å². The van der Waals surface area contributed by atoms with Crippen LogP contribution in [0.4, 0.5) is 0 Å². The van der Waals surface area contributed by atoms with E-state index in [2.05, 4.69) is 0 Å². The van der Waals surface area contributed by atoms with Gasteiger partial charge in [0.15, 0.2) is 0 Å². The van der Waals surface area contributed by atoms with E-state index in [1.165, 1.54) is 0 Å². The van der Waals surface area contributed by atoms with E-state index in [0.717, 1.165) is 5.56 Å². The fourth-order valence-electron chi connectivity index (χ4n) is 2.23. The minimum atomic E-state index is -1.35. The number of benzene rings is 1. The summed E-state index contributed by atoms with van der Waals surface area (Å²) in [6.07, 6.45) is -5.22. The summed E-state index contributed by atoms with van der Waals surface area (Å²) >= 11 is 6.03. The topological polar surface area (TPSA) is 90.2 Å². The van der Waals surface area contributed by atoms with Gasteiger partial charge in [-0.3, -0.25) is 0 Å². The third-order valence-corrected chi connectivity index (χ3v) is 3.74. The number of rotatable bonds is 3. The molecule has 0 amide bonds. The summed E-state index contributed by atoms with van der Waals surface area (Å²) in [6, 6.07) is 7.12. The Morgan fingerprint density at radius 1 is 1.00 bits per heavy atom. The molecule has 1 heterocycles. The van der Waals surface area contributed by atoms with E-state index in [0.29, 0.717) is 11.4 Å². The molecule has 2 rings (SSSR count). The van der Waals surface area contributed by atoms with Crippen molar-refractivity contribution in [2.24, 2.45) is 0 Å². The van der Waals surface area contributed by atoms with Crippen LogP contribution in [-0.4, -0.2) is 57.6 Å². The number of hydrogen-bond acceptors (Lipinski definition) is 5. The van der Waals surface area contributed by atoms with Crippen LogP contribution in [0.5, 0.6) is 0 Å². The molecule has 1 aromatic carbocycles. The summed E-state index contributed by atoms with van der Waals surface area (Å²) in [5.41, 5.74) is 0.772. The summed E-state index contributed by atoms with van der Waals surface area (Å²) in [7, 11) is 0. The first-order valence-corrected chi connectivity index (χ1v) is 6.46. The maximum atomic E-state index is 9.91. The van der Waals surface area contributed by atoms with E-state index in [4.69, 9.17) is 21.4 Å². The summed E-state index contributed by atoms with van der Waals surface area (Å²) < 4.78 is 5.42. The van der Waals surface area contributed by atoms with Crippen LogP contribution in [0.2, 0.25) is 5.02 Å². The minimum Gasteiger partial charge on any atom is -0.394 e. The molecule has 4 N–H and O–H groups in total. The second-order valence-corrected chi connectivity index (χ2v) is 5.07. The molecule has 0 radical (unpaired) electrons. The molecular formula is C13H17ClO5. The Bertz CT molecular complexity index is 425. The highest BCUT2D eigenvalue weighted by molar-refractivity contribution is 6.31. The molecule has 0 aliphatic carbocycles. The van der Waals surface area contributed by atoms with E-state index < -0.39 is 37.1 Å². The summed E-state index contributed by atoms with van der Waals surface area (Å²) in [6.45, 7) is -0.427. The van der Waals surface area contributed by atoms with E-state index in [1.54, 1.807) is 18.2 Å². The van der Waals surface area contributed by atoms with Gasteiger partial charge >= 0.3 is 0 Å². The zero-order valence-corrected chi connectivity index (χ0v) is 10.9. The maximum absolute atomic E-state index is 9.91. The summed E-state index contributed by atoms with van der Waals surface area (Å²) in [4.78, 5) is 0. The molecule has 1 aromatic rings. The van der Waals surface area contributed by atoms with Crippen molar-refractivity contribution < 1.29 is 25.2 Å². The number of aliphatic hydroxyl groups excluding tert-OH is 4. The second-order valence-electron chi connectivity index (χ2n) is 4.66. The summed E-state index contributed by atoms with van der Waals surface area (Å²) in [5, 5.41) is 38.9. The number of halogens is 1. The highest BCUT2D eigenvalue weighted by Crippen LogP contribution is 2.26. The van der Waals surface area contributed by atoms with Crippen LogP contribution >= 0.6 is 11.6 Å². The summed E-state index contributed by atoms with van der Waals surface area (Å²) in [5.74, 6) is 0. The molecular weight excluding hydrogens is 272 g/mol. The Hall–Kier alpha value is -0.690. The molecule has 0 aromatic heterocycles. The van der Waals surface area contributed by atoms with Gasteiger partial charge in [-0.15, -0.1) is 0 Å². The zero-order chi connectivity index (χ0) is 14.0. The fraction of sp³-hybridized carbons (Fsp3) is 0.538. The van der Waals surface area contributed by atoms with Crippen LogP contribution < -0.4 is 0 Å². The molecule has 6 heteroatoms. The highest BCUT2D eigenvalue weighted by Gasteiger charge is 2.43. The SMILES string of the molecule is OC[C@H]1O[C@@H](Cc2ccccc2Cl)[C@H](O)[C@@H](O)[C@@H]1O. The van der Waals surface area contributed by atoms with Gasteiger partial charge in [0.1, 0.15) is 24.4 Å². The average molecular weight is 289 g/mol. The Morgan fingerprint density at radius 3 is 2.26 bits per heavy atom. The molecule has 5 atom stereocenters. The Morgan fingerprint density at radius 2 is 1.63 bits per heavy atom. The lowest BCUT2D eigenvalue weighted by Gasteiger charge is -2.40. The van der Waals surface area contributed by atoms with Gasteiger partial charge in [-0.2, -0.15) is 0 Å². The largest absolute Gasteiger partial charge is 0.394 e. The number of aliphatic hydroxyl groups is 4. The Balaban J connectivity index is 2.13. The van der Waals surface area contributed by atoms with Crippen LogP contribution in [0.1, 0.15) is 5.56 Å². The zero-order valence-electron chi connectivity index (χ0n) is 10.2. The van der Waals surface area contributed by atoms with Crippen LogP contribution in [0.15, 0.2) is 24.3 Å². The van der Waals surface area contributed by atoms with Crippen molar-refractivity contribution in [1.29, 1.82) is 0 Å². The average Bonchev–Trinajstić information content (AvgIpc) is 2.41. The van der Waals surface area contributed by atoms with Gasteiger partial charge in [0.05, 0.1) is 12.7 Å². The lowest BCUT2D eigenvalue weighted by atomic mass is 9.91. The monoisotopic (exact) mass is 288 g/mol. The quantitative estimate of drug-likeness (QED) is 0.614. The molecule has 1 aliphatic rings. The number of ether oxygens (including phenoxy) is 1. The van der Waals surface area contributed by atoms with Crippen molar-refractivity contribution in [3.8, 4) is 0 Å². The fourth-order valence-corrected chi connectivity index (χ4v) is 2.44. The molecule has 1 aliphatic heterocycles. The normalized spacial score (nSPS) is 35.3. The van der Waals surface area contributed by atoms with Crippen LogP contribution in [0.25, 0.3) is 0 Å². The standard InChI is InChI=1S/C13H17ClO5/c14-8-4-2-1-3-7(8)5-9-11(16)13(18)12(17)10(6-15)19-9/h1-4,9-13,15-18H,5-6H2/t9-,10+,11-,12+,13+/m0/s1. The predicted octanol–water partition coefficient (Wildman–Crippen LogP) is -0.275. The Labute approximate surface area is 116 Å². The van der Waals surface area contributed by atoms with Gasteiger partial charge in [-0.1, -0.05) is 29.8 Å². The van der Waals surface area contributed by atoms with Gasteiger partial charge in [0.25, 0.3) is 0 Å². The molecule has 0 unspecified atom stereocenters. The highest BCUT2D eigenvalue weighted by atomic mass is 35.5. The third kappa shape index (κ3) is 3.08. The van der Waals surface area contributed by atoms with E-state index in [1.807, 2.05) is 6.07 Å². The van der Waals surface area contributed by atoms with Crippen LogP contribution in [0, 0.1) is 0 Å². The second kappa shape index (κ2) is 6.17. The smallest absolute Gasteiger partial charge is 0.111 e. The molecule has 0 bridgehead atoms. The molecule has 0 spiro atoms. The van der Waals surface area contributed by atoms with Crippen molar-refractivity contribution in [2.45, 2.75) is 36.9 Å². The van der Waals surface area contributed by atoms with Crippen molar-refractivity contribution in [2.75, 3.05) is 6.61 Å². The molecule has 1 saturated heterocycles. The molecule has 5 nitrogen and oxygen atoms in total. The lowest BCUT2D eigenvalue weighted by Crippen LogP contribution is -2.59. The first-order valence-electron chi connectivity index (χ1n) is 6.08. The van der Waals surface area contributed by atoms with Crippen molar-refractivity contribution in [3.05, 3.63) is 34.9 Å². The first-order chi connectivity index (χ1) is 9.04. The predicted molar refractivity (Wildman–Crippen MR) is 68.9 cm³/mol. The first kappa shape index (κ1) is 14.7. The van der Waals surface area contributed by atoms with Crippen molar-refractivity contribution in [1.82, 2.24) is 0 Å². The minimum absolute atomic E-state index is 0.293. The van der Waals surface area contributed by atoms with Crippen LogP contribution in [0.3, 0.4) is 0 Å². The number of hydrogen-bond donors (Lipinski definition) is 4. The van der Waals surface area contributed by atoms with E-state index >= 15 is 0 Å².